The molecule has 1 heterocycles. The summed E-state index contributed by atoms with van der Waals surface area (Å²) < 4.78 is 18.9. The third-order valence-corrected chi connectivity index (χ3v) is 2.18. The molecule has 0 aliphatic carbocycles. The minimum Gasteiger partial charge on any atom is -0.356 e. The maximum Gasteiger partial charge on any atom is 0.123 e. The molecule has 0 spiro atoms. The van der Waals surface area contributed by atoms with Gasteiger partial charge in [0.05, 0.1) is 18.6 Å². The minimum atomic E-state index is -0.436. The van der Waals surface area contributed by atoms with Crippen molar-refractivity contribution in [1.29, 1.82) is 0 Å². The Morgan fingerprint density at radius 1 is 1.53 bits per heavy atom. The molecular formula is C10H10BFN2O. The van der Waals surface area contributed by atoms with Crippen molar-refractivity contribution < 1.29 is 9.13 Å². The molecule has 0 unspecified atom stereocenters. The fourth-order valence-electron chi connectivity index (χ4n) is 1.37. The Morgan fingerprint density at radius 3 is 3.13 bits per heavy atom. The van der Waals surface area contributed by atoms with E-state index in [1.54, 1.807) is 17.3 Å². The molecule has 0 fully saturated rings. The zero-order chi connectivity index (χ0) is 10.8. The highest BCUT2D eigenvalue weighted by Crippen LogP contribution is 2.22. The number of fused-ring (bicyclic) bond motifs is 1. The van der Waals surface area contributed by atoms with E-state index in [1.807, 2.05) is 7.05 Å². The quantitative estimate of drug-likeness (QED) is 0.581. The molecular weight excluding hydrogens is 194 g/mol. The van der Waals surface area contributed by atoms with Crippen molar-refractivity contribution in [2.24, 2.45) is 4.99 Å². The normalized spacial score (nSPS) is 15.7. The van der Waals surface area contributed by atoms with E-state index < -0.39 is 5.82 Å². The number of nitrogens with zero attached hydrogens (tertiary/aromatic N) is 2. The third-order valence-electron chi connectivity index (χ3n) is 2.18. The number of rotatable bonds is 0. The molecule has 3 nitrogen and oxygen atoms in total. The minimum absolute atomic E-state index is 0.126. The summed E-state index contributed by atoms with van der Waals surface area (Å²) >= 11 is 0. The first-order chi connectivity index (χ1) is 7.18. The van der Waals surface area contributed by atoms with Crippen LogP contribution in [0.4, 0.5) is 10.1 Å². The highest BCUT2D eigenvalue weighted by atomic mass is 19.1. The number of halogens is 1. The van der Waals surface area contributed by atoms with E-state index in [-0.39, 0.29) is 12.1 Å². The van der Waals surface area contributed by atoms with E-state index in [1.165, 1.54) is 6.07 Å². The van der Waals surface area contributed by atoms with E-state index >= 15 is 0 Å². The third kappa shape index (κ3) is 2.02. The van der Waals surface area contributed by atoms with Gasteiger partial charge >= 0.3 is 0 Å². The fourth-order valence-corrected chi connectivity index (χ4v) is 1.37. The fraction of sp³-hybridized carbons (Fsp3) is 0.300. The van der Waals surface area contributed by atoms with Gasteiger partial charge in [0.25, 0.3) is 0 Å². The predicted molar refractivity (Wildman–Crippen MR) is 57.4 cm³/mol. The first-order valence-electron chi connectivity index (χ1n) is 4.57. The zero-order valence-corrected chi connectivity index (χ0v) is 8.40. The van der Waals surface area contributed by atoms with E-state index in [9.17, 15) is 4.39 Å². The molecule has 0 saturated heterocycles. The monoisotopic (exact) mass is 204 g/mol. The summed E-state index contributed by atoms with van der Waals surface area (Å²) in [6.07, 6.45) is 1.60. The standard InChI is InChI=1S/C10H10BFN2O/c1-14-5-13-9-3-2-8(11)10(12)7(9)4-15-6-14/h2-3,5H,4,6H2,1H3. The van der Waals surface area contributed by atoms with Crippen LogP contribution >= 0.6 is 0 Å². The lowest BCUT2D eigenvalue weighted by atomic mass is 9.92. The van der Waals surface area contributed by atoms with Crippen LogP contribution in [0.5, 0.6) is 0 Å². The van der Waals surface area contributed by atoms with Crippen LogP contribution in [0.15, 0.2) is 17.1 Å². The Labute approximate surface area is 89.0 Å². The Balaban J connectivity index is 2.47. The number of benzene rings is 1. The molecule has 0 saturated carbocycles. The van der Waals surface area contributed by atoms with Crippen molar-refractivity contribution >= 4 is 25.3 Å². The molecule has 1 aliphatic heterocycles. The zero-order valence-electron chi connectivity index (χ0n) is 8.40. The molecule has 1 aliphatic rings. The maximum atomic E-state index is 13.6. The van der Waals surface area contributed by atoms with E-state index in [0.717, 1.165) is 0 Å². The summed E-state index contributed by atoms with van der Waals surface area (Å²) in [5.41, 5.74) is 1.11. The molecule has 0 atom stereocenters. The highest BCUT2D eigenvalue weighted by Gasteiger charge is 2.12. The average molecular weight is 204 g/mol. The van der Waals surface area contributed by atoms with Crippen molar-refractivity contribution in [3.8, 4) is 0 Å². The smallest absolute Gasteiger partial charge is 0.123 e. The second-order valence-electron chi connectivity index (χ2n) is 3.45. The largest absolute Gasteiger partial charge is 0.356 e. The predicted octanol–water partition coefficient (Wildman–Crippen LogP) is 0.699. The second kappa shape index (κ2) is 4.02. The Hall–Kier alpha value is -1.36. The summed E-state index contributed by atoms with van der Waals surface area (Å²) in [7, 11) is 7.30. The molecule has 0 N–H and O–H groups in total. The van der Waals surface area contributed by atoms with Crippen molar-refractivity contribution in [1.82, 2.24) is 4.90 Å². The van der Waals surface area contributed by atoms with Gasteiger partial charge in [-0.05, 0) is 6.07 Å². The van der Waals surface area contributed by atoms with Crippen LogP contribution in [0.3, 0.4) is 0 Å². The van der Waals surface area contributed by atoms with Gasteiger partial charge in [-0.15, -0.1) is 0 Å². The first kappa shape index (κ1) is 10.2. The lowest BCUT2D eigenvalue weighted by molar-refractivity contribution is 0.0633. The van der Waals surface area contributed by atoms with Crippen LogP contribution in [0.25, 0.3) is 0 Å². The van der Waals surface area contributed by atoms with Crippen LogP contribution in [0.2, 0.25) is 0 Å². The highest BCUT2D eigenvalue weighted by molar-refractivity contribution is 6.32. The van der Waals surface area contributed by atoms with Crippen LogP contribution in [-0.4, -0.2) is 32.9 Å². The number of ether oxygens (including phenoxy) is 1. The van der Waals surface area contributed by atoms with Gasteiger partial charge in [0, 0.05) is 12.6 Å². The summed E-state index contributed by atoms with van der Waals surface area (Å²) in [6, 6.07) is 3.19. The van der Waals surface area contributed by atoms with Gasteiger partial charge in [-0.2, -0.15) is 0 Å². The molecule has 0 aromatic heterocycles. The molecule has 0 amide bonds. The van der Waals surface area contributed by atoms with Crippen molar-refractivity contribution in [2.45, 2.75) is 6.61 Å². The van der Waals surface area contributed by atoms with Gasteiger partial charge in [0.15, 0.2) is 0 Å². The first-order valence-corrected chi connectivity index (χ1v) is 4.57. The van der Waals surface area contributed by atoms with E-state index in [4.69, 9.17) is 12.6 Å². The SMILES string of the molecule is [B]c1ccc2c(c1F)COCN(C)C=N2. The van der Waals surface area contributed by atoms with Crippen molar-refractivity contribution in [3.63, 3.8) is 0 Å². The van der Waals surface area contributed by atoms with E-state index in [2.05, 4.69) is 4.99 Å². The Bertz CT molecular complexity index is 409. The van der Waals surface area contributed by atoms with Gasteiger partial charge < -0.3 is 9.64 Å². The lowest BCUT2D eigenvalue weighted by Gasteiger charge is -2.18. The maximum absolute atomic E-state index is 13.6. The molecule has 1 aromatic rings. The molecule has 5 heteroatoms. The van der Waals surface area contributed by atoms with Gasteiger partial charge in [-0.25, -0.2) is 9.38 Å². The van der Waals surface area contributed by atoms with Gasteiger partial charge in [0.2, 0.25) is 0 Å². The molecule has 15 heavy (non-hydrogen) atoms. The van der Waals surface area contributed by atoms with E-state index in [0.29, 0.717) is 18.0 Å². The second-order valence-corrected chi connectivity index (χ2v) is 3.45. The lowest BCUT2D eigenvalue weighted by Crippen LogP contribution is -2.22. The van der Waals surface area contributed by atoms with Crippen molar-refractivity contribution in [3.05, 3.63) is 23.5 Å². The van der Waals surface area contributed by atoms with Gasteiger partial charge in [-0.3, -0.25) is 0 Å². The number of hydrogen-bond acceptors (Lipinski definition) is 3. The molecule has 1 aromatic carbocycles. The summed E-state index contributed by atoms with van der Waals surface area (Å²) in [5, 5.41) is 0. The van der Waals surface area contributed by atoms with Crippen LogP contribution in [0.1, 0.15) is 5.56 Å². The van der Waals surface area contributed by atoms with Gasteiger partial charge in [0.1, 0.15) is 20.4 Å². The molecule has 76 valence electrons. The Kier molecular flexibility index (Phi) is 2.73. The van der Waals surface area contributed by atoms with Crippen LogP contribution in [0, 0.1) is 5.82 Å². The number of hydrogen-bond donors (Lipinski definition) is 0. The van der Waals surface area contributed by atoms with Crippen LogP contribution in [-0.2, 0) is 11.3 Å². The summed E-state index contributed by atoms with van der Waals surface area (Å²) in [4.78, 5) is 5.93. The number of aliphatic imine (C=N–C) groups is 1. The molecule has 0 bridgehead atoms. The van der Waals surface area contributed by atoms with Crippen molar-refractivity contribution in [2.75, 3.05) is 13.8 Å². The summed E-state index contributed by atoms with van der Waals surface area (Å²) in [5.74, 6) is -0.436. The Morgan fingerprint density at radius 2 is 2.33 bits per heavy atom. The topological polar surface area (TPSA) is 24.8 Å². The molecule has 2 radical (unpaired) electrons. The molecule has 2 rings (SSSR count). The van der Waals surface area contributed by atoms with Gasteiger partial charge in [-0.1, -0.05) is 11.5 Å². The average Bonchev–Trinajstić information content (AvgIpc) is 2.20. The summed E-state index contributed by atoms with van der Waals surface area (Å²) in [6.45, 7) is 0.574. The van der Waals surface area contributed by atoms with Crippen LogP contribution < -0.4 is 5.46 Å².